The molecule has 1 N–H and O–H groups in total. The minimum atomic E-state index is -0.241. The molecule has 2 heterocycles. The second-order valence-corrected chi connectivity index (χ2v) is 5.64. The average molecular weight is 324 g/mol. The molecule has 1 aromatic heterocycles. The van der Waals surface area contributed by atoms with Gasteiger partial charge in [-0.2, -0.15) is 0 Å². The molecule has 5 heteroatoms. The third-order valence-corrected chi connectivity index (χ3v) is 4.17. The van der Waals surface area contributed by atoms with Crippen LogP contribution in [0.15, 0.2) is 35.2 Å². The van der Waals surface area contributed by atoms with Gasteiger partial charge in [0.2, 0.25) is 0 Å². The quantitative estimate of drug-likeness (QED) is 0.915. The Hall–Kier alpha value is -1.20. The van der Waals surface area contributed by atoms with Crippen LogP contribution in [0.3, 0.4) is 0 Å². The van der Waals surface area contributed by atoms with E-state index < -0.39 is 0 Å². The zero-order valence-corrected chi connectivity index (χ0v) is 12.0. The van der Waals surface area contributed by atoms with Crippen LogP contribution in [0.25, 0.3) is 5.69 Å². The molecule has 1 saturated heterocycles. The lowest BCUT2D eigenvalue weighted by Gasteiger charge is -2.24. The van der Waals surface area contributed by atoms with Crippen molar-refractivity contribution in [2.24, 2.45) is 0 Å². The average Bonchev–Trinajstić information content (AvgIpc) is 2.91. The summed E-state index contributed by atoms with van der Waals surface area (Å²) >= 11 is 3.47. The molecule has 3 rings (SSSR count). The second kappa shape index (κ2) is 5.43. The maximum Gasteiger partial charge on any atom is 0.125 e. The maximum atomic E-state index is 13.4. The first-order valence-corrected chi connectivity index (χ1v) is 7.26. The summed E-state index contributed by atoms with van der Waals surface area (Å²) in [5.74, 6) is -0.241. The van der Waals surface area contributed by atoms with Gasteiger partial charge in [0.25, 0.3) is 0 Å². The third kappa shape index (κ3) is 2.58. The Bertz CT molecular complexity index is 576. The summed E-state index contributed by atoms with van der Waals surface area (Å²) < 4.78 is 16.3. The number of hydrogen-bond acceptors (Lipinski definition) is 2. The molecule has 0 radical (unpaired) electrons. The number of aromatic nitrogens is 2. The lowest BCUT2D eigenvalue weighted by Crippen LogP contribution is -2.28. The summed E-state index contributed by atoms with van der Waals surface area (Å²) in [4.78, 5) is 4.22. The van der Waals surface area contributed by atoms with Crippen LogP contribution >= 0.6 is 15.9 Å². The van der Waals surface area contributed by atoms with Crippen LogP contribution in [0.1, 0.15) is 31.0 Å². The molecular weight excluding hydrogens is 309 g/mol. The molecule has 19 heavy (non-hydrogen) atoms. The molecule has 1 fully saturated rings. The molecule has 3 nitrogen and oxygen atoms in total. The highest BCUT2D eigenvalue weighted by Crippen LogP contribution is 2.28. The number of hydrogen-bond donors (Lipinski definition) is 1. The maximum absolute atomic E-state index is 13.4. The van der Waals surface area contributed by atoms with Crippen LogP contribution in [-0.2, 0) is 0 Å². The summed E-state index contributed by atoms with van der Waals surface area (Å²) in [7, 11) is 0. The van der Waals surface area contributed by atoms with E-state index in [4.69, 9.17) is 0 Å². The van der Waals surface area contributed by atoms with Crippen molar-refractivity contribution in [2.45, 2.75) is 25.3 Å². The second-order valence-electron chi connectivity index (χ2n) is 4.79. The number of halogens is 2. The van der Waals surface area contributed by atoms with Crippen LogP contribution in [0.4, 0.5) is 4.39 Å². The van der Waals surface area contributed by atoms with E-state index in [0.717, 1.165) is 28.8 Å². The third-order valence-electron chi connectivity index (χ3n) is 3.50. The Kier molecular flexibility index (Phi) is 3.66. The molecule has 1 aliphatic heterocycles. The summed E-state index contributed by atoms with van der Waals surface area (Å²) in [6, 6.07) is 5.00. The minimum Gasteiger partial charge on any atom is -0.309 e. The Morgan fingerprint density at radius 2 is 2.26 bits per heavy atom. The van der Waals surface area contributed by atoms with E-state index in [1.165, 1.54) is 25.0 Å². The van der Waals surface area contributed by atoms with Crippen LogP contribution in [-0.4, -0.2) is 16.1 Å². The van der Waals surface area contributed by atoms with Gasteiger partial charge in [0.15, 0.2) is 0 Å². The van der Waals surface area contributed by atoms with Gasteiger partial charge in [-0.15, -0.1) is 0 Å². The highest BCUT2D eigenvalue weighted by molar-refractivity contribution is 9.10. The predicted octanol–water partition coefficient (Wildman–Crippen LogP) is 3.59. The molecule has 0 amide bonds. The zero-order valence-electron chi connectivity index (χ0n) is 10.4. The number of nitrogens with one attached hydrogen (secondary N) is 1. The van der Waals surface area contributed by atoms with E-state index in [0.29, 0.717) is 6.04 Å². The van der Waals surface area contributed by atoms with Crippen molar-refractivity contribution < 1.29 is 4.39 Å². The first kappa shape index (κ1) is 12.8. The topological polar surface area (TPSA) is 29.9 Å². The fourth-order valence-corrected chi connectivity index (χ4v) is 2.98. The zero-order chi connectivity index (χ0) is 13.2. The smallest absolute Gasteiger partial charge is 0.125 e. The van der Waals surface area contributed by atoms with Crippen molar-refractivity contribution in [1.29, 1.82) is 0 Å². The van der Waals surface area contributed by atoms with Gasteiger partial charge in [0.05, 0.1) is 23.9 Å². The van der Waals surface area contributed by atoms with Crippen molar-refractivity contribution in [3.63, 3.8) is 0 Å². The summed E-state index contributed by atoms with van der Waals surface area (Å²) in [6.07, 6.45) is 7.13. The first-order chi connectivity index (χ1) is 9.25. The predicted molar refractivity (Wildman–Crippen MR) is 75.8 cm³/mol. The van der Waals surface area contributed by atoms with Crippen LogP contribution in [0, 0.1) is 5.82 Å². The lowest BCUT2D eigenvalue weighted by atomic mass is 10.0. The van der Waals surface area contributed by atoms with Crippen molar-refractivity contribution >= 4 is 15.9 Å². The molecule has 0 spiro atoms. The van der Waals surface area contributed by atoms with Gasteiger partial charge in [-0.3, -0.25) is 0 Å². The first-order valence-electron chi connectivity index (χ1n) is 6.47. The minimum absolute atomic E-state index is 0.241. The molecule has 1 aromatic carbocycles. The number of rotatable bonds is 2. The number of imidazole rings is 1. The van der Waals surface area contributed by atoms with Gasteiger partial charge in [0, 0.05) is 10.5 Å². The van der Waals surface area contributed by atoms with Gasteiger partial charge in [-0.05, 0) is 53.5 Å². The van der Waals surface area contributed by atoms with Crippen molar-refractivity contribution in [1.82, 2.24) is 14.9 Å². The Labute approximate surface area is 120 Å². The Balaban J connectivity index is 2.01. The highest BCUT2D eigenvalue weighted by Gasteiger charge is 2.19. The van der Waals surface area contributed by atoms with Gasteiger partial charge in [0.1, 0.15) is 5.82 Å². The number of benzene rings is 1. The Morgan fingerprint density at radius 3 is 3.05 bits per heavy atom. The lowest BCUT2D eigenvalue weighted by molar-refractivity contribution is 0.401. The van der Waals surface area contributed by atoms with Crippen LogP contribution < -0.4 is 5.32 Å². The van der Waals surface area contributed by atoms with Crippen molar-refractivity contribution in [2.75, 3.05) is 6.54 Å². The number of piperidine rings is 1. The SMILES string of the molecule is Fc1ccc(Br)c(-n2cncc2C2CCCCN2)c1. The van der Waals surface area contributed by atoms with Crippen molar-refractivity contribution in [3.8, 4) is 5.69 Å². The fraction of sp³-hybridized carbons (Fsp3) is 0.357. The fourth-order valence-electron chi connectivity index (χ4n) is 2.54. The molecule has 0 saturated carbocycles. The molecule has 1 unspecified atom stereocenters. The normalized spacial score (nSPS) is 19.6. The van der Waals surface area contributed by atoms with Crippen LogP contribution in [0.5, 0.6) is 0 Å². The summed E-state index contributed by atoms with van der Waals surface area (Å²) in [5, 5.41) is 3.50. The van der Waals surface area contributed by atoms with Gasteiger partial charge < -0.3 is 9.88 Å². The monoisotopic (exact) mass is 323 g/mol. The Morgan fingerprint density at radius 1 is 1.37 bits per heavy atom. The standard InChI is InChI=1S/C14H15BrFN3/c15-11-5-4-10(16)7-13(11)19-9-17-8-14(19)12-3-1-2-6-18-12/h4-5,7-9,12,18H,1-3,6H2. The van der Waals surface area contributed by atoms with E-state index in [1.54, 1.807) is 12.4 Å². The summed E-state index contributed by atoms with van der Waals surface area (Å²) in [5.41, 5.74) is 1.88. The van der Waals surface area contributed by atoms with E-state index in [1.807, 2.05) is 10.8 Å². The van der Waals surface area contributed by atoms with E-state index >= 15 is 0 Å². The highest BCUT2D eigenvalue weighted by atomic mass is 79.9. The van der Waals surface area contributed by atoms with Crippen LogP contribution in [0.2, 0.25) is 0 Å². The molecular formula is C14H15BrFN3. The molecule has 0 aliphatic carbocycles. The molecule has 1 atom stereocenters. The molecule has 1 aliphatic rings. The van der Waals surface area contributed by atoms with Crippen molar-refractivity contribution in [3.05, 3.63) is 46.7 Å². The molecule has 2 aromatic rings. The van der Waals surface area contributed by atoms with E-state index in [2.05, 4.69) is 26.2 Å². The largest absolute Gasteiger partial charge is 0.309 e. The number of nitrogens with zero attached hydrogens (tertiary/aromatic N) is 2. The summed E-state index contributed by atoms with van der Waals surface area (Å²) in [6.45, 7) is 1.03. The van der Waals surface area contributed by atoms with Gasteiger partial charge in [-0.25, -0.2) is 9.37 Å². The van der Waals surface area contributed by atoms with E-state index in [9.17, 15) is 4.39 Å². The molecule has 100 valence electrons. The van der Waals surface area contributed by atoms with Gasteiger partial charge >= 0.3 is 0 Å². The molecule has 0 bridgehead atoms. The van der Waals surface area contributed by atoms with Gasteiger partial charge in [-0.1, -0.05) is 6.42 Å². The van der Waals surface area contributed by atoms with E-state index in [-0.39, 0.29) is 5.82 Å².